The van der Waals surface area contributed by atoms with Crippen LogP contribution in [0.5, 0.6) is 0 Å². The summed E-state index contributed by atoms with van der Waals surface area (Å²) in [6, 6.07) is 0. The topological polar surface area (TPSA) is 37.3 Å². The maximum atomic E-state index is 9.00. The normalized spacial score (nSPS) is 4.43. The van der Waals surface area contributed by atoms with E-state index >= 15 is 0 Å². The molecule has 0 aromatic rings. The van der Waals surface area contributed by atoms with Crippen molar-refractivity contribution in [1.82, 2.24) is 0 Å². The van der Waals surface area contributed by atoms with Crippen molar-refractivity contribution in [1.29, 1.82) is 0 Å². The minimum absolute atomic E-state index is 0. The summed E-state index contributed by atoms with van der Waals surface area (Å²) in [6.07, 6.45) is 0. The molecule has 0 aromatic heterocycles. The van der Waals surface area contributed by atoms with Gasteiger partial charge in [0.15, 0.2) is 0 Å². The summed E-state index contributed by atoms with van der Waals surface area (Å²) in [5, 5.41) is 7.42. The van der Waals surface area contributed by atoms with Crippen LogP contribution < -0.4 is 0 Å². The van der Waals surface area contributed by atoms with Crippen molar-refractivity contribution in [2.24, 2.45) is 0 Å². The fourth-order valence-electron chi connectivity index (χ4n) is 0. The molecule has 0 heterocycles. The molecule has 1 N–H and O–H groups in total. The summed E-state index contributed by atoms with van der Waals surface area (Å²) in [4.78, 5) is 9.00. The minimum atomic E-state index is -0.833. The fourth-order valence-corrected chi connectivity index (χ4v) is 0. The van der Waals surface area contributed by atoms with Crippen molar-refractivity contribution in [3.63, 3.8) is 0 Å². The summed E-state index contributed by atoms with van der Waals surface area (Å²) >= 11 is 0. The quantitative estimate of drug-likeness (QED) is 0.406. The van der Waals surface area contributed by atoms with E-state index in [9.17, 15) is 0 Å². The van der Waals surface area contributed by atoms with Crippen LogP contribution >= 0.6 is 0 Å². The Kier molecular flexibility index (Phi) is 37.5. The van der Waals surface area contributed by atoms with Gasteiger partial charge in [0, 0.05) is 24.0 Å². The largest absolute Gasteiger partial charge is 0.481 e. The van der Waals surface area contributed by atoms with E-state index in [1.807, 2.05) is 0 Å². The van der Waals surface area contributed by atoms with Gasteiger partial charge in [-0.1, -0.05) is 0 Å². The van der Waals surface area contributed by atoms with Crippen LogP contribution in [-0.4, -0.2) is 11.1 Å². The van der Waals surface area contributed by atoms with Gasteiger partial charge in [-0.3, -0.25) is 4.79 Å². The molecule has 0 aliphatic rings. The first-order chi connectivity index (χ1) is 2.73. The second kappa shape index (κ2) is 16.7. The van der Waals surface area contributed by atoms with Crippen LogP contribution in [0.1, 0.15) is 13.8 Å². The molecule has 0 atom stereocenters. The first-order valence-corrected chi connectivity index (χ1v) is 1.63. The van der Waals surface area contributed by atoms with Crippen LogP contribution in [0.15, 0.2) is 0 Å². The van der Waals surface area contributed by atoms with Gasteiger partial charge < -0.3 is 12.0 Å². The SMILES string of the molecule is CC(=O)O.[CH2-]C.[Fe]. The Morgan fingerprint density at radius 2 is 1.57 bits per heavy atom. The summed E-state index contributed by atoms with van der Waals surface area (Å²) in [7, 11) is 0. The Labute approximate surface area is 54.4 Å². The number of hydrogen-bond acceptors (Lipinski definition) is 1. The Balaban J connectivity index is -0.0000000480. The predicted octanol–water partition coefficient (Wildman–Crippen LogP) is 0.929. The van der Waals surface area contributed by atoms with Crippen LogP contribution in [0.3, 0.4) is 0 Å². The average Bonchev–Trinajstić information content (AvgIpc) is 1.41. The second-order valence-corrected chi connectivity index (χ2v) is 0.519. The number of aliphatic carboxylic acids is 1. The molecule has 46 valence electrons. The molecular formula is C4H9FeO2-. The number of carboxylic acids is 1. The third-order valence-electron chi connectivity index (χ3n) is 0. The molecule has 0 amide bonds. The van der Waals surface area contributed by atoms with Crippen molar-refractivity contribution in [3.05, 3.63) is 6.92 Å². The van der Waals surface area contributed by atoms with Gasteiger partial charge in [0.1, 0.15) is 0 Å². The van der Waals surface area contributed by atoms with E-state index in [0.29, 0.717) is 0 Å². The number of hydrogen-bond donors (Lipinski definition) is 1. The first-order valence-electron chi connectivity index (χ1n) is 1.63. The monoisotopic (exact) mass is 145 g/mol. The standard InChI is InChI=1S/C2H4O2.C2H5.Fe/c1-2(3)4;1-2;/h1H3,(H,3,4);1H2,2H3;/q;-1;. The third-order valence-corrected chi connectivity index (χ3v) is 0. The smallest absolute Gasteiger partial charge is 0.300 e. The van der Waals surface area contributed by atoms with Crippen molar-refractivity contribution >= 4 is 5.97 Å². The zero-order valence-electron chi connectivity index (χ0n) is 4.42. The zero-order chi connectivity index (χ0) is 5.58. The predicted molar refractivity (Wildman–Crippen MR) is 24.3 cm³/mol. The zero-order valence-corrected chi connectivity index (χ0v) is 5.52. The Morgan fingerprint density at radius 1 is 1.57 bits per heavy atom. The molecule has 0 fully saturated rings. The summed E-state index contributed by atoms with van der Waals surface area (Å²) in [5.74, 6) is -0.833. The van der Waals surface area contributed by atoms with Crippen molar-refractivity contribution in [2.45, 2.75) is 13.8 Å². The van der Waals surface area contributed by atoms with Gasteiger partial charge in [0.25, 0.3) is 5.97 Å². The Hall–Kier alpha value is -0.0105. The summed E-state index contributed by atoms with van der Waals surface area (Å²) < 4.78 is 0. The van der Waals surface area contributed by atoms with Crippen molar-refractivity contribution < 1.29 is 27.0 Å². The molecular weight excluding hydrogens is 136 g/mol. The van der Waals surface area contributed by atoms with Crippen LogP contribution in [0.25, 0.3) is 0 Å². The number of rotatable bonds is 0. The molecule has 0 spiro atoms. The second-order valence-electron chi connectivity index (χ2n) is 0.519. The van der Waals surface area contributed by atoms with Gasteiger partial charge >= 0.3 is 0 Å². The van der Waals surface area contributed by atoms with Crippen LogP contribution in [0, 0.1) is 6.92 Å². The van der Waals surface area contributed by atoms with E-state index in [2.05, 4.69) is 6.92 Å². The van der Waals surface area contributed by atoms with Gasteiger partial charge in [0.2, 0.25) is 0 Å². The van der Waals surface area contributed by atoms with Crippen molar-refractivity contribution in [3.8, 4) is 0 Å². The fraction of sp³-hybridized carbons (Fsp3) is 0.500. The molecule has 0 saturated carbocycles. The van der Waals surface area contributed by atoms with Crippen LogP contribution in [0.2, 0.25) is 0 Å². The van der Waals surface area contributed by atoms with Gasteiger partial charge in [0.05, 0.1) is 0 Å². The molecule has 7 heavy (non-hydrogen) atoms. The molecule has 0 unspecified atom stereocenters. The van der Waals surface area contributed by atoms with E-state index in [4.69, 9.17) is 9.90 Å². The van der Waals surface area contributed by atoms with Crippen LogP contribution in [-0.2, 0) is 21.9 Å². The van der Waals surface area contributed by atoms with E-state index in [-0.39, 0.29) is 17.1 Å². The average molecular weight is 145 g/mol. The minimum Gasteiger partial charge on any atom is -0.481 e. The maximum Gasteiger partial charge on any atom is 0.300 e. The summed E-state index contributed by atoms with van der Waals surface area (Å²) in [5.41, 5.74) is 0. The summed E-state index contributed by atoms with van der Waals surface area (Å²) in [6.45, 7) is 6.08. The van der Waals surface area contributed by atoms with Gasteiger partial charge in [-0.25, -0.2) is 0 Å². The molecule has 0 aromatic carbocycles. The Bertz CT molecular complexity index is 32.7. The van der Waals surface area contributed by atoms with Crippen molar-refractivity contribution in [2.75, 3.05) is 0 Å². The van der Waals surface area contributed by atoms with Gasteiger partial charge in [-0.05, 0) is 0 Å². The maximum absolute atomic E-state index is 9.00. The van der Waals surface area contributed by atoms with Crippen LogP contribution in [0.4, 0.5) is 0 Å². The van der Waals surface area contributed by atoms with Gasteiger partial charge in [-0.15, -0.1) is 0 Å². The number of carbonyl (C=O) groups is 1. The molecule has 2 nitrogen and oxygen atoms in total. The van der Waals surface area contributed by atoms with E-state index in [1.165, 1.54) is 0 Å². The molecule has 0 aliphatic heterocycles. The van der Waals surface area contributed by atoms with E-state index in [0.717, 1.165) is 6.92 Å². The molecule has 0 bridgehead atoms. The molecule has 0 saturated heterocycles. The number of carboxylic acid groups (broad SMARTS) is 1. The van der Waals surface area contributed by atoms with E-state index < -0.39 is 5.97 Å². The Morgan fingerprint density at radius 3 is 1.57 bits per heavy atom. The molecule has 0 rings (SSSR count). The molecule has 0 radical (unpaired) electrons. The molecule has 3 heteroatoms. The molecule has 0 aliphatic carbocycles. The van der Waals surface area contributed by atoms with Gasteiger partial charge in [-0.2, -0.15) is 6.92 Å². The third kappa shape index (κ3) is 861000. The first kappa shape index (κ1) is 15.8. The van der Waals surface area contributed by atoms with E-state index in [1.54, 1.807) is 6.92 Å².